The molecule has 0 saturated carbocycles. The zero-order valence-electron chi connectivity index (χ0n) is 12.3. The Hall–Kier alpha value is -2.70. The van der Waals surface area contributed by atoms with Crippen LogP contribution in [0.25, 0.3) is 0 Å². The lowest BCUT2D eigenvalue weighted by Crippen LogP contribution is -2.54. The predicted octanol–water partition coefficient (Wildman–Crippen LogP) is 0.154. The van der Waals surface area contributed by atoms with Crippen LogP contribution in [-0.2, 0) is 9.59 Å². The van der Waals surface area contributed by atoms with Gasteiger partial charge in [0, 0.05) is 26.2 Å². The number of amides is 4. The third-order valence-corrected chi connectivity index (χ3v) is 3.93. The summed E-state index contributed by atoms with van der Waals surface area (Å²) in [5.74, 6) is -1.96. The average Bonchev–Trinajstić information content (AvgIpc) is 2.72. The van der Waals surface area contributed by atoms with Gasteiger partial charge < -0.3 is 4.90 Å². The summed E-state index contributed by atoms with van der Waals surface area (Å²) in [7, 11) is 3.56. The van der Waals surface area contributed by atoms with Crippen LogP contribution in [-0.4, -0.2) is 48.7 Å². The minimum atomic E-state index is -0.930. The fourth-order valence-corrected chi connectivity index (χ4v) is 2.87. The summed E-state index contributed by atoms with van der Waals surface area (Å²) in [6, 6.07) is 4.10. The Bertz CT molecular complexity index is 711. The van der Waals surface area contributed by atoms with Crippen LogP contribution >= 0.6 is 0 Å². The first-order valence-corrected chi connectivity index (χ1v) is 6.93. The van der Waals surface area contributed by atoms with E-state index in [1.54, 1.807) is 37.2 Å². The Morgan fingerprint density at radius 3 is 2.50 bits per heavy atom. The zero-order chi connectivity index (χ0) is 16.0. The van der Waals surface area contributed by atoms with Gasteiger partial charge in [0.05, 0.1) is 11.1 Å². The van der Waals surface area contributed by atoms with Crippen LogP contribution in [0.4, 0.5) is 5.69 Å². The standard InChI is InChI=1S/C15H15N3O4/c1-17(2)9-5-3-4-8-12(9)15(22)18(14(8)21)10-6-7-11(19)16-13(10)20/h3-5,10H,6-7H2,1-2H3,(H,16,19,20). The number of nitrogens with zero attached hydrogens (tertiary/aromatic N) is 2. The number of benzene rings is 1. The summed E-state index contributed by atoms with van der Waals surface area (Å²) in [4.78, 5) is 51.1. The molecule has 1 atom stereocenters. The van der Waals surface area contributed by atoms with Crippen molar-refractivity contribution in [1.82, 2.24) is 10.2 Å². The van der Waals surface area contributed by atoms with Crippen molar-refractivity contribution >= 4 is 29.3 Å². The van der Waals surface area contributed by atoms with Crippen LogP contribution in [0.1, 0.15) is 33.6 Å². The summed E-state index contributed by atoms with van der Waals surface area (Å²) in [6.07, 6.45) is 0.276. The second-order valence-corrected chi connectivity index (χ2v) is 5.54. The number of carbonyl (C=O) groups excluding carboxylic acids is 4. The average molecular weight is 301 g/mol. The molecule has 4 amide bonds. The first-order valence-electron chi connectivity index (χ1n) is 6.93. The number of hydrogen-bond donors (Lipinski definition) is 1. The van der Waals surface area contributed by atoms with Crippen molar-refractivity contribution in [2.45, 2.75) is 18.9 Å². The normalized spacial score (nSPS) is 21.0. The molecule has 1 unspecified atom stereocenters. The van der Waals surface area contributed by atoms with E-state index in [2.05, 4.69) is 5.32 Å². The SMILES string of the molecule is CN(C)c1cccc2c1C(=O)N(C1CCC(=O)NC1=O)C2=O. The highest BCUT2D eigenvalue weighted by molar-refractivity contribution is 6.25. The van der Waals surface area contributed by atoms with Crippen molar-refractivity contribution in [3.8, 4) is 0 Å². The monoisotopic (exact) mass is 301 g/mol. The first kappa shape index (κ1) is 14.2. The van der Waals surface area contributed by atoms with Gasteiger partial charge >= 0.3 is 0 Å². The van der Waals surface area contributed by atoms with Gasteiger partial charge in [0.1, 0.15) is 6.04 Å². The maximum absolute atomic E-state index is 12.7. The van der Waals surface area contributed by atoms with Gasteiger partial charge in [0.15, 0.2) is 0 Å². The Morgan fingerprint density at radius 2 is 1.86 bits per heavy atom. The van der Waals surface area contributed by atoms with Crippen molar-refractivity contribution < 1.29 is 19.2 Å². The van der Waals surface area contributed by atoms with Crippen molar-refractivity contribution in [3.05, 3.63) is 29.3 Å². The van der Waals surface area contributed by atoms with Crippen LogP contribution in [0.15, 0.2) is 18.2 Å². The lowest BCUT2D eigenvalue weighted by Gasteiger charge is -2.28. The molecule has 0 spiro atoms. The quantitative estimate of drug-likeness (QED) is 0.786. The smallest absolute Gasteiger partial charge is 0.264 e. The molecule has 1 N–H and O–H groups in total. The molecule has 114 valence electrons. The molecule has 7 nitrogen and oxygen atoms in total. The highest BCUT2D eigenvalue weighted by atomic mass is 16.2. The number of carbonyl (C=O) groups is 4. The van der Waals surface area contributed by atoms with Crippen LogP contribution in [0.5, 0.6) is 0 Å². The fraction of sp³-hybridized carbons (Fsp3) is 0.333. The van der Waals surface area contributed by atoms with Gasteiger partial charge in [-0.3, -0.25) is 29.4 Å². The van der Waals surface area contributed by atoms with E-state index in [1.165, 1.54) is 0 Å². The molecule has 2 aliphatic rings. The second kappa shape index (κ2) is 4.94. The number of piperidine rings is 1. The van der Waals surface area contributed by atoms with Gasteiger partial charge in [-0.05, 0) is 18.6 Å². The summed E-state index contributed by atoms with van der Waals surface area (Å²) >= 11 is 0. The zero-order valence-corrected chi connectivity index (χ0v) is 12.3. The molecule has 0 aliphatic carbocycles. The number of hydrogen-bond acceptors (Lipinski definition) is 5. The molecular weight excluding hydrogens is 286 g/mol. The Kier molecular flexibility index (Phi) is 3.20. The van der Waals surface area contributed by atoms with E-state index in [0.29, 0.717) is 16.8 Å². The lowest BCUT2D eigenvalue weighted by atomic mass is 10.0. The molecule has 1 aromatic carbocycles. The minimum Gasteiger partial charge on any atom is -0.377 e. The highest BCUT2D eigenvalue weighted by Crippen LogP contribution is 2.33. The molecule has 7 heteroatoms. The fourth-order valence-electron chi connectivity index (χ4n) is 2.87. The predicted molar refractivity (Wildman–Crippen MR) is 77.4 cm³/mol. The summed E-state index contributed by atoms with van der Waals surface area (Å²) in [5, 5.41) is 2.18. The van der Waals surface area contributed by atoms with Crippen LogP contribution in [0.2, 0.25) is 0 Å². The van der Waals surface area contributed by atoms with E-state index >= 15 is 0 Å². The molecule has 1 saturated heterocycles. The molecule has 1 fully saturated rings. The molecule has 0 radical (unpaired) electrons. The van der Waals surface area contributed by atoms with Crippen molar-refractivity contribution in [2.75, 3.05) is 19.0 Å². The van der Waals surface area contributed by atoms with E-state index < -0.39 is 23.8 Å². The van der Waals surface area contributed by atoms with Crippen LogP contribution < -0.4 is 10.2 Å². The van der Waals surface area contributed by atoms with Gasteiger partial charge in [-0.15, -0.1) is 0 Å². The Balaban J connectivity index is 2.02. The van der Waals surface area contributed by atoms with Crippen molar-refractivity contribution in [2.24, 2.45) is 0 Å². The van der Waals surface area contributed by atoms with Gasteiger partial charge in [-0.2, -0.15) is 0 Å². The lowest BCUT2D eigenvalue weighted by molar-refractivity contribution is -0.136. The summed E-state index contributed by atoms with van der Waals surface area (Å²) in [6.45, 7) is 0. The van der Waals surface area contributed by atoms with E-state index in [1.807, 2.05) is 0 Å². The van der Waals surface area contributed by atoms with Gasteiger partial charge in [-0.1, -0.05) is 6.07 Å². The second-order valence-electron chi connectivity index (χ2n) is 5.54. The molecule has 1 aromatic rings. The van der Waals surface area contributed by atoms with E-state index in [0.717, 1.165) is 4.90 Å². The summed E-state index contributed by atoms with van der Waals surface area (Å²) < 4.78 is 0. The van der Waals surface area contributed by atoms with Crippen molar-refractivity contribution in [3.63, 3.8) is 0 Å². The molecule has 22 heavy (non-hydrogen) atoms. The summed E-state index contributed by atoms with van der Waals surface area (Å²) in [5.41, 5.74) is 1.23. The van der Waals surface area contributed by atoms with Crippen LogP contribution in [0, 0.1) is 0 Å². The van der Waals surface area contributed by atoms with Gasteiger partial charge in [0.25, 0.3) is 11.8 Å². The Morgan fingerprint density at radius 1 is 1.14 bits per heavy atom. The maximum atomic E-state index is 12.7. The third kappa shape index (κ3) is 1.97. The molecule has 3 rings (SSSR count). The number of rotatable bonds is 2. The number of imide groups is 2. The third-order valence-electron chi connectivity index (χ3n) is 3.93. The molecular formula is C15H15N3O4. The first-order chi connectivity index (χ1) is 10.4. The van der Waals surface area contributed by atoms with E-state index in [9.17, 15) is 19.2 Å². The largest absolute Gasteiger partial charge is 0.377 e. The minimum absolute atomic E-state index is 0.115. The van der Waals surface area contributed by atoms with E-state index in [-0.39, 0.29) is 18.7 Å². The molecule has 2 heterocycles. The molecule has 2 aliphatic heterocycles. The topological polar surface area (TPSA) is 86.8 Å². The van der Waals surface area contributed by atoms with Crippen molar-refractivity contribution in [1.29, 1.82) is 0 Å². The van der Waals surface area contributed by atoms with Gasteiger partial charge in [0.2, 0.25) is 11.8 Å². The number of fused-ring (bicyclic) bond motifs is 1. The number of anilines is 1. The highest BCUT2D eigenvalue weighted by Gasteiger charge is 2.45. The molecule has 0 bridgehead atoms. The van der Waals surface area contributed by atoms with E-state index in [4.69, 9.17) is 0 Å². The molecule has 0 aromatic heterocycles. The maximum Gasteiger partial charge on any atom is 0.264 e. The van der Waals surface area contributed by atoms with Crippen LogP contribution in [0.3, 0.4) is 0 Å². The van der Waals surface area contributed by atoms with Gasteiger partial charge in [-0.25, -0.2) is 0 Å². The Labute approximate surface area is 126 Å². The number of nitrogens with one attached hydrogen (secondary N) is 1.